The first-order valence-corrected chi connectivity index (χ1v) is 7.36. The Morgan fingerprint density at radius 3 is 1.75 bits per heavy atom. The molecule has 112 valence electrons. The van der Waals surface area contributed by atoms with Crippen molar-refractivity contribution in [1.82, 2.24) is 0 Å². The number of aldehydes is 1. The summed E-state index contributed by atoms with van der Waals surface area (Å²) in [6, 6.07) is 6.23. The lowest BCUT2D eigenvalue weighted by Gasteiger charge is -2.07. The predicted octanol–water partition coefficient (Wildman–Crippen LogP) is 3.44. The molecule has 0 spiro atoms. The Hall–Kier alpha value is -1.19. The topological polar surface area (TPSA) is 35.5 Å². The van der Waals surface area contributed by atoms with Gasteiger partial charge in [0.25, 0.3) is 0 Å². The van der Waals surface area contributed by atoms with Gasteiger partial charge in [0, 0.05) is 33.0 Å². The number of hydrogen-bond donors (Lipinski definition) is 0. The van der Waals surface area contributed by atoms with Gasteiger partial charge in [-0.2, -0.15) is 0 Å². The molecule has 0 N–H and O–H groups in total. The van der Waals surface area contributed by atoms with Crippen molar-refractivity contribution in [1.29, 1.82) is 0 Å². The van der Waals surface area contributed by atoms with E-state index in [1.54, 1.807) is 14.2 Å². The molecule has 20 heavy (non-hydrogen) atoms. The highest BCUT2D eigenvalue weighted by atomic mass is 16.5. The summed E-state index contributed by atoms with van der Waals surface area (Å²) in [7, 11) is 3.45. The number of hydrogen-bond acceptors (Lipinski definition) is 3. The molecule has 0 aromatic heterocycles. The summed E-state index contributed by atoms with van der Waals surface area (Å²) < 4.78 is 10.1. The summed E-state index contributed by atoms with van der Waals surface area (Å²) in [5.74, 6) is 0. The van der Waals surface area contributed by atoms with Crippen LogP contribution in [0.1, 0.15) is 47.2 Å². The van der Waals surface area contributed by atoms with Gasteiger partial charge in [-0.3, -0.25) is 4.79 Å². The van der Waals surface area contributed by atoms with Crippen molar-refractivity contribution in [3.63, 3.8) is 0 Å². The first-order chi connectivity index (χ1) is 9.80. The van der Waals surface area contributed by atoms with Crippen LogP contribution in [0.15, 0.2) is 18.2 Å². The van der Waals surface area contributed by atoms with Gasteiger partial charge >= 0.3 is 0 Å². The van der Waals surface area contributed by atoms with E-state index in [1.807, 2.05) is 12.1 Å². The summed E-state index contributed by atoms with van der Waals surface area (Å²) in [5, 5.41) is 0. The van der Waals surface area contributed by atoms with E-state index < -0.39 is 0 Å². The summed E-state index contributed by atoms with van der Waals surface area (Å²) in [6.45, 7) is 1.61. The molecule has 3 nitrogen and oxygen atoms in total. The molecule has 1 aromatic rings. The molecular formula is C17H26O3. The van der Waals surface area contributed by atoms with E-state index >= 15 is 0 Å². The monoisotopic (exact) mass is 278 g/mol. The zero-order valence-electron chi connectivity index (χ0n) is 12.7. The van der Waals surface area contributed by atoms with Gasteiger partial charge < -0.3 is 9.47 Å². The Morgan fingerprint density at radius 1 is 0.850 bits per heavy atom. The molecule has 0 atom stereocenters. The van der Waals surface area contributed by atoms with E-state index in [2.05, 4.69) is 6.07 Å². The van der Waals surface area contributed by atoms with Gasteiger partial charge in [0.1, 0.15) is 6.29 Å². The van der Waals surface area contributed by atoms with Crippen LogP contribution in [-0.2, 0) is 22.3 Å². The number of aryl methyl sites for hydroxylation is 2. The number of ether oxygens (including phenoxy) is 2. The second-order valence-corrected chi connectivity index (χ2v) is 5.10. The SMILES string of the molecule is COCCCCc1cc(C=O)cc(CCCCOC)c1. The molecule has 3 heteroatoms. The zero-order chi connectivity index (χ0) is 14.6. The quantitative estimate of drug-likeness (QED) is 0.459. The van der Waals surface area contributed by atoms with Crippen LogP contribution in [0.25, 0.3) is 0 Å². The zero-order valence-corrected chi connectivity index (χ0v) is 12.7. The molecule has 0 bridgehead atoms. The molecule has 0 aliphatic rings. The van der Waals surface area contributed by atoms with Gasteiger partial charge in [-0.15, -0.1) is 0 Å². The molecule has 0 aliphatic carbocycles. The fraction of sp³-hybridized carbons (Fsp3) is 0.588. The van der Waals surface area contributed by atoms with Gasteiger partial charge in [-0.05, 0) is 61.8 Å². The molecule has 1 rings (SSSR count). The maximum atomic E-state index is 11.0. The highest BCUT2D eigenvalue weighted by molar-refractivity contribution is 5.75. The van der Waals surface area contributed by atoms with E-state index in [-0.39, 0.29) is 0 Å². The van der Waals surface area contributed by atoms with Crippen molar-refractivity contribution in [3.8, 4) is 0 Å². The van der Waals surface area contributed by atoms with Crippen molar-refractivity contribution in [2.24, 2.45) is 0 Å². The van der Waals surface area contributed by atoms with E-state index in [1.165, 1.54) is 11.1 Å². The van der Waals surface area contributed by atoms with Crippen LogP contribution in [0.4, 0.5) is 0 Å². The standard InChI is InChI=1S/C17H26O3/c1-19-9-5-3-7-15-11-16(8-4-6-10-20-2)13-17(12-15)14-18/h11-14H,3-10H2,1-2H3. The van der Waals surface area contributed by atoms with Crippen molar-refractivity contribution in [2.45, 2.75) is 38.5 Å². The molecule has 0 aliphatic heterocycles. The minimum Gasteiger partial charge on any atom is -0.385 e. The number of carbonyl (C=O) groups is 1. The van der Waals surface area contributed by atoms with Crippen LogP contribution in [0.2, 0.25) is 0 Å². The molecule has 1 aromatic carbocycles. The van der Waals surface area contributed by atoms with Crippen LogP contribution >= 0.6 is 0 Å². The molecule has 0 radical (unpaired) electrons. The van der Waals surface area contributed by atoms with Gasteiger partial charge in [-0.1, -0.05) is 6.07 Å². The van der Waals surface area contributed by atoms with E-state index in [4.69, 9.17) is 9.47 Å². The Morgan fingerprint density at radius 2 is 1.35 bits per heavy atom. The molecule has 0 saturated heterocycles. The lowest BCUT2D eigenvalue weighted by molar-refractivity contribution is 0.112. The minimum absolute atomic E-state index is 0.788. The van der Waals surface area contributed by atoms with Gasteiger partial charge in [-0.25, -0.2) is 0 Å². The normalized spacial score (nSPS) is 10.7. The maximum Gasteiger partial charge on any atom is 0.150 e. The summed E-state index contributed by atoms with van der Waals surface area (Å²) >= 11 is 0. The Labute approximate surface area is 122 Å². The van der Waals surface area contributed by atoms with Crippen LogP contribution in [-0.4, -0.2) is 33.7 Å². The molecular weight excluding hydrogens is 252 g/mol. The van der Waals surface area contributed by atoms with Gasteiger partial charge in [0.05, 0.1) is 0 Å². The average Bonchev–Trinajstić information content (AvgIpc) is 2.48. The molecule has 0 amide bonds. The first-order valence-electron chi connectivity index (χ1n) is 7.36. The average molecular weight is 278 g/mol. The van der Waals surface area contributed by atoms with Crippen molar-refractivity contribution < 1.29 is 14.3 Å². The molecule has 0 heterocycles. The van der Waals surface area contributed by atoms with Crippen LogP contribution in [0.3, 0.4) is 0 Å². The second kappa shape index (κ2) is 10.6. The van der Waals surface area contributed by atoms with Crippen LogP contribution in [0.5, 0.6) is 0 Å². The van der Waals surface area contributed by atoms with Crippen molar-refractivity contribution in [3.05, 3.63) is 34.9 Å². The van der Waals surface area contributed by atoms with Crippen LogP contribution < -0.4 is 0 Å². The van der Waals surface area contributed by atoms with E-state index in [9.17, 15) is 4.79 Å². The Balaban J connectivity index is 2.53. The number of methoxy groups -OCH3 is 2. The number of carbonyl (C=O) groups excluding carboxylic acids is 1. The summed E-state index contributed by atoms with van der Waals surface area (Å²) in [4.78, 5) is 11.0. The Kier molecular flexibility index (Phi) is 8.92. The highest BCUT2D eigenvalue weighted by Crippen LogP contribution is 2.14. The number of benzene rings is 1. The fourth-order valence-corrected chi connectivity index (χ4v) is 2.30. The third kappa shape index (κ3) is 6.83. The van der Waals surface area contributed by atoms with Crippen molar-refractivity contribution >= 4 is 6.29 Å². The lowest BCUT2D eigenvalue weighted by atomic mass is 9.99. The maximum absolute atomic E-state index is 11.0. The number of unbranched alkanes of at least 4 members (excludes halogenated alkanes) is 2. The van der Waals surface area contributed by atoms with E-state index in [0.29, 0.717) is 0 Å². The largest absolute Gasteiger partial charge is 0.385 e. The lowest BCUT2D eigenvalue weighted by Crippen LogP contribution is -1.97. The highest BCUT2D eigenvalue weighted by Gasteiger charge is 2.02. The van der Waals surface area contributed by atoms with Gasteiger partial charge in [0.2, 0.25) is 0 Å². The number of rotatable bonds is 11. The molecule has 0 unspecified atom stereocenters. The van der Waals surface area contributed by atoms with Crippen molar-refractivity contribution in [2.75, 3.05) is 27.4 Å². The predicted molar refractivity (Wildman–Crippen MR) is 81.5 cm³/mol. The molecule has 0 saturated carbocycles. The smallest absolute Gasteiger partial charge is 0.150 e. The van der Waals surface area contributed by atoms with Gasteiger partial charge in [0.15, 0.2) is 0 Å². The minimum atomic E-state index is 0.788. The summed E-state index contributed by atoms with van der Waals surface area (Å²) in [5.41, 5.74) is 3.30. The van der Waals surface area contributed by atoms with Crippen LogP contribution in [0, 0.1) is 0 Å². The second-order valence-electron chi connectivity index (χ2n) is 5.10. The molecule has 0 fully saturated rings. The summed E-state index contributed by atoms with van der Waals surface area (Å²) in [6.07, 6.45) is 7.28. The fourth-order valence-electron chi connectivity index (χ4n) is 2.30. The van der Waals surface area contributed by atoms with E-state index in [0.717, 1.165) is 63.6 Å². The third-order valence-electron chi connectivity index (χ3n) is 3.34. The Bertz CT molecular complexity index is 358. The first kappa shape index (κ1) is 16.9. The third-order valence-corrected chi connectivity index (χ3v) is 3.34.